The molecule has 2 N–H and O–H groups in total. The third-order valence-corrected chi connectivity index (χ3v) is 7.90. The van der Waals surface area contributed by atoms with E-state index in [2.05, 4.69) is 37.8 Å². The Bertz CT molecular complexity index is 1130. The minimum Gasteiger partial charge on any atom is -0.478 e. The molecule has 164 valence electrons. The van der Waals surface area contributed by atoms with E-state index in [1.165, 1.54) is 56.2 Å². The van der Waals surface area contributed by atoms with E-state index in [0.29, 0.717) is 16.4 Å². The minimum absolute atomic E-state index is 0.0756. The summed E-state index contributed by atoms with van der Waals surface area (Å²) in [6.07, 6.45) is 7.95. The van der Waals surface area contributed by atoms with E-state index in [4.69, 9.17) is 0 Å². The molecule has 0 aliphatic heterocycles. The monoisotopic (exact) mass is 428 g/mol. The number of carbonyl (C=O) groups is 2. The molecule has 2 aromatic rings. The van der Waals surface area contributed by atoms with Crippen LogP contribution in [0.3, 0.4) is 0 Å². The van der Waals surface area contributed by atoms with Crippen molar-refractivity contribution in [1.82, 2.24) is 0 Å². The first kappa shape index (κ1) is 20.8. The number of benzene rings is 2. The maximum atomic E-state index is 11.3. The number of rotatable bonds is 3. The van der Waals surface area contributed by atoms with Gasteiger partial charge in [0.1, 0.15) is 0 Å². The van der Waals surface area contributed by atoms with Crippen LogP contribution in [0.25, 0.3) is 0 Å². The lowest BCUT2D eigenvalue weighted by atomic mass is 9.39. The molecule has 6 rings (SSSR count). The second-order valence-electron chi connectivity index (χ2n) is 11.1. The summed E-state index contributed by atoms with van der Waals surface area (Å²) in [5.74, 6) is 4.52. The highest BCUT2D eigenvalue weighted by atomic mass is 16.4. The first-order valence-corrected chi connectivity index (χ1v) is 11.3. The lowest BCUT2D eigenvalue weighted by Crippen LogP contribution is -2.56. The van der Waals surface area contributed by atoms with E-state index in [0.717, 1.165) is 17.5 Å². The molecule has 0 radical (unpaired) electrons. The molecule has 0 heterocycles. The number of carboxylic acid groups (broad SMARTS) is 2. The number of hydrogen-bond donors (Lipinski definition) is 2. The van der Waals surface area contributed by atoms with Gasteiger partial charge < -0.3 is 10.2 Å². The first-order chi connectivity index (χ1) is 15.1. The molecule has 0 spiro atoms. The van der Waals surface area contributed by atoms with Crippen molar-refractivity contribution in [3.63, 3.8) is 0 Å². The second kappa shape index (κ2) is 6.97. The summed E-state index contributed by atoms with van der Waals surface area (Å²) in [5, 5.41) is 18.5. The van der Waals surface area contributed by atoms with Gasteiger partial charge in [0.2, 0.25) is 0 Å². The van der Waals surface area contributed by atoms with Gasteiger partial charge in [-0.3, -0.25) is 0 Å². The van der Waals surface area contributed by atoms with Gasteiger partial charge in [-0.1, -0.05) is 37.8 Å². The van der Waals surface area contributed by atoms with Crippen LogP contribution >= 0.6 is 0 Å². The zero-order valence-electron chi connectivity index (χ0n) is 18.6. The summed E-state index contributed by atoms with van der Waals surface area (Å²) in [7, 11) is 0. The van der Waals surface area contributed by atoms with Crippen molar-refractivity contribution < 1.29 is 19.8 Å². The summed E-state index contributed by atoms with van der Waals surface area (Å²) in [5.41, 5.74) is 3.70. The Morgan fingerprint density at radius 1 is 0.781 bits per heavy atom. The van der Waals surface area contributed by atoms with Crippen LogP contribution in [0.1, 0.15) is 89.8 Å². The third kappa shape index (κ3) is 3.60. The Hall–Kier alpha value is -3.06. The smallest absolute Gasteiger partial charge is 0.335 e. The summed E-state index contributed by atoms with van der Waals surface area (Å²) >= 11 is 0. The topological polar surface area (TPSA) is 74.6 Å². The summed E-state index contributed by atoms with van der Waals surface area (Å²) in [6, 6.07) is 12.5. The third-order valence-electron chi connectivity index (χ3n) is 7.90. The highest BCUT2D eigenvalue weighted by molar-refractivity contribution is 5.94. The van der Waals surface area contributed by atoms with Gasteiger partial charge in [-0.15, -0.1) is 0 Å². The van der Waals surface area contributed by atoms with Crippen molar-refractivity contribution in [2.75, 3.05) is 0 Å². The van der Waals surface area contributed by atoms with Gasteiger partial charge in [-0.2, -0.15) is 0 Å². The van der Waals surface area contributed by atoms with Crippen LogP contribution in [0.5, 0.6) is 0 Å². The van der Waals surface area contributed by atoms with Crippen LogP contribution in [-0.2, 0) is 5.41 Å². The zero-order chi connectivity index (χ0) is 22.7. The molecular weight excluding hydrogens is 400 g/mol. The average Bonchev–Trinajstić information content (AvgIpc) is 2.69. The quantitative estimate of drug-likeness (QED) is 0.612. The lowest BCUT2D eigenvalue weighted by Gasteiger charge is -2.65. The average molecular weight is 429 g/mol. The van der Waals surface area contributed by atoms with Crippen LogP contribution < -0.4 is 0 Å². The molecular formula is C28H28O4. The van der Waals surface area contributed by atoms with Gasteiger partial charge in [-0.25, -0.2) is 9.59 Å². The molecule has 4 bridgehead atoms. The molecule has 4 fully saturated rings. The van der Waals surface area contributed by atoms with Gasteiger partial charge >= 0.3 is 11.9 Å². The van der Waals surface area contributed by atoms with Gasteiger partial charge in [-0.05, 0) is 96.6 Å². The fraction of sp³-hybridized carbons (Fsp3) is 0.429. The molecule has 0 saturated heterocycles. The largest absolute Gasteiger partial charge is 0.478 e. The Kier molecular flexibility index (Phi) is 4.53. The van der Waals surface area contributed by atoms with Gasteiger partial charge in [0.15, 0.2) is 0 Å². The predicted molar refractivity (Wildman–Crippen MR) is 122 cm³/mol. The van der Waals surface area contributed by atoms with Crippen molar-refractivity contribution in [1.29, 1.82) is 0 Å². The van der Waals surface area contributed by atoms with Crippen molar-refractivity contribution in [2.24, 2.45) is 16.7 Å². The van der Waals surface area contributed by atoms with Crippen molar-refractivity contribution >= 4 is 11.9 Å². The van der Waals surface area contributed by atoms with E-state index >= 15 is 0 Å². The molecule has 2 aromatic carbocycles. The van der Waals surface area contributed by atoms with Crippen LogP contribution in [0.15, 0.2) is 42.5 Å². The van der Waals surface area contributed by atoms with Gasteiger partial charge in [0.05, 0.1) is 11.1 Å². The highest BCUT2D eigenvalue weighted by Crippen LogP contribution is 2.69. The normalized spacial score (nSPS) is 32.2. The molecule has 0 aromatic heterocycles. The molecule has 2 atom stereocenters. The molecule has 4 heteroatoms. The number of aromatic carboxylic acids is 2. The molecule has 0 amide bonds. The highest BCUT2D eigenvalue weighted by Gasteiger charge is 2.60. The van der Waals surface area contributed by atoms with Crippen molar-refractivity contribution in [3.05, 3.63) is 70.3 Å². The van der Waals surface area contributed by atoms with E-state index < -0.39 is 11.9 Å². The van der Waals surface area contributed by atoms with E-state index in [1.807, 2.05) is 12.1 Å². The minimum atomic E-state index is -1.17. The number of carboxylic acids is 2. The van der Waals surface area contributed by atoms with E-state index in [-0.39, 0.29) is 16.5 Å². The Labute approximate surface area is 188 Å². The fourth-order valence-electron chi connectivity index (χ4n) is 7.77. The fourth-order valence-corrected chi connectivity index (χ4v) is 7.77. The molecule has 4 saturated carbocycles. The maximum Gasteiger partial charge on any atom is 0.335 e. The van der Waals surface area contributed by atoms with Crippen LogP contribution in [0, 0.1) is 28.6 Å². The number of hydrogen-bond acceptors (Lipinski definition) is 2. The van der Waals surface area contributed by atoms with Crippen LogP contribution in [0.2, 0.25) is 0 Å². The van der Waals surface area contributed by atoms with Crippen molar-refractivity contribution in [2.45, 2.75) is 57.8 Å². The van der Waals surface area contributed by atoms with Crippen LogP contribution in [0.4, 0.5) is 0 Å². The Morgan fingerprint density at radius 2 is 1.31 bits per heavy atom. The van der Waals surface area contributed by atoms with Gasteiger partial charge in [0.25, 0.3) is 0 Å². The predicted octanol–water partition coefficient (Wildman–Crippen LogP) is 5.73. The maximum absolute atomic E-state index is 11.3. The molecule has 4 aliphatic rings. The standard InChI is InChI=1S/C28H28O4/c1-26-12-20-13-27(2,15-26)17-28(14-20,16-26)23-7-5-18(6-8-23)3-4-19-9-21(24(29)30)11-22(10-19)25(31)32/h5-11,20H,12-17H2,1-2H3,(H,29,30)(H,31,32). The van der Waals surface area contributed by atoms with E-state index in [9.17, 15) is 19.8 Å². The zero-order valence-corrected chi connectivity index (χ0v) is 18.6. The molecule has 32 heavy (non-hydrogen) atoms. The van der Waals surface area contributed by atoms with Crippen molar-refractivity contribution in [3.8, 4) is 11.8 Å². The van der Waals surface area contributed by atoms with E-state index in [1.54, 1.807) is 0 Å². The molecule has 4 aliphatic carbocycles. The first-order valence-electron chi connectivity index (χ1n) is 11.3. The summed E-state index contributed by atoms with van der Waals surface area (Å²) in [4.78, 5) is 22.6. The van der Waals surface area contributed by atoms with Gasteiger partial charge in [0, 0.05) is 11.1 Å². The SMILES string of the molecule is CC12CC3CC(C)(C1)CC(c1ccc(C#Cc4cc(C(=O)O)cc(C(=O)O)c4)cc1)(C3)C2. The molecule has 4 nitrogen and oxygen atoms in total. The second-order valence-corrected chi connectivity index (χ2v) is 11.1. The lowest BCUT2D eigenvalue weighted by molar-refractivity contribution is -0.110. The Morgan fingerprint density at radius 3 is 1.81 bits per heavy atom. The van der Waals surface area contributed by atoms with Crippen LogP contribution in [-0.4, -0.2) is 22.2 Å². The Balaban J connectivity index is 1.42. The molecule has 2 unspecified atom stereocenters. The summed E-state index contributed by atoms with van der Waals surface area (Å²) in [6.45, 7) is 4.97. The summed E-state index contributed by atoms with van der Waals surface area (Å²) < 4.78 is 0.